The number of pyridine rings is 1. The van der Waals surface area contributed by atoms with Crippen molar-refractivity contribution in [3.63, 3.8) is 0 Å². The lowest BCUT2D eigenvalue weighted by Crippen LogP contribution is -2.02. The van der Waals surface area contributed by atoms with Crippen LogP contribution in [0.2, 0.25) is 0 Å². The molecule has 4 nitrogen and oxygen atoms in total. The fourth-order valence-electron chi connectivity index (χ4n) is 3.76. The number of fused-ring (bicyclic) bond motifs is 1. The van der Waals surface area contributed by atoms with Crippen LogP contribution in [0.25, 0.3) is 33.5 Å². The van der Waals surface area contributed by atoms with Crippen LogP contribution in [0.4, 0.5) is 0 Å². The maximum atomic E-state index is 4.91. The third-order valence-corrected chi connectivity index (χ3v) is 7.16. The molecular formula is C27H21BrN4S. The van der Waals surface area contributed by atoms with Gasteiger partial charge in [-0.2, -0.15) is 0 Å². The Hall–Kier alpha value is -3.22. The minimum atomic E-state index is 0.623. The zero-order chi connectivity index (χ0) is 22.6. The summed E-state index contributed by atoms with van der Waals surface area (Å²) in [5.74, 6) is 1.61. The minimum absolute atomic E-state index is 0.623. The molecule has 0 bridgehead atoms. The summed E-state index contributed by atoms with van der Waals surface area (Å²) in [5.41, 5.74) is 5.16. The van der Waals surface area contributed by atoms with Gasteiger partial charge in [-0.15, -0.1) is 16.8 Å². The topological polar surface area (TPSA) is 43.6 Å². The molecule has 0 amide bonds. The second-order valence-electron chi connectivity index (χ2n) is 7.52. The summed E-state index contributed by atoms with van der Waals surface area (Å²) >= 11 is 5.31. The molecule has 0 aliphatic rings. The monoisotopic (exact) mass is 512 g/mol. The van der Waals surface area contributed by atoms with Gasteiger partial charge in [-0.25, -0.2) is 4.98 Å². The van der Waals surface area contributed by atoms with Crippen LogP contribution < -0.4 is 0 Å². The molecule has 0 N–H and O–H groups in total. The van der Waals surface area contributed by atoms with Crippen LogP contribution >= 0.6 is 27.7 Å². The van der Waals surface area contributed by atoms with E-state index in [1.54, 1.807) is 11.8 Å². The Morgan fingerprint density at radius 3 is 2.48 bits per heavy atom. The number of rotatable bonds is 7. The third-order valence-electron chi connectivity index (χ3n) is 5.37. The number of hydrogen-bond acceptors (Lipinski definition) is 4. The first-order valence-electron chi connectivity index (χ1n) is 10.6. The molecule has 162 valence electrons. The highest BCUT2D eigenvalue weighted by Crippen LogP contribution is 2.34. The van der Waals surface area contributed by atoms with Crippen molar-refractivity contribution >= 4 is 38.6 Å². The quantitative estimate of drug-likeness (QED) is 0.168. The molecule has 0 aliphatic heterocycles. The fraction of sp³-hybridized carbons (Fsp3) is 0.0741. The van der Waals surface area contributed by atoms with Crippen LogP contribution in [0.3, 0.4) is 0 Å². The molecule has 3 aromatic carbocycles. The molecule has 0 atom stereocenters. The van der Waals surface area contributed by atoms with Gasteiger partial charge in [0.2, 0.25) is 0 Å². The SMILES string of the molecule is C=CCn1c(SCc2ccccc2Br)nnc1-c1cc(-c2ccccc2)nc2ccccc12. The van der Waals surface area contributed by atoms with E-state index in [1.165, 1.54) is 5.56 Å². The number of halogens is 1. The fourth-order valence-corrected chi connectivity index (χ4v) is 5.33. The third kappa shape index (κ3) is 4.49. The van der Waals surface area contributed by atoms with Crippen molar-refractivity contribution in [2.24, 2.45) is 0 Å². The van der Waals surface area contributed by atoms with E-state index in [-0.39, 0.29) is 0 Å². The van der Waals surface area contributed by atoms with Crippen molar-refractivity contribution in [3.8, 4) is 22.6 Å². The lowest BCUT2D eigenvalue weighted by Gasteiger charge is -2.12. The highest BCUT2D eigenvalue weighted by molar-refractivity contribution is 9.10. The van der Waals surface area contributed by atoms with Gasteiger partial charge in [-0.05, 0) is 23.8 Å². The Bertz CT molecular complexity index is 1430. The molecule has 0 saturated carbocycles. The molecule has 5 rings (SSSR count). The van der Waals surface area contributed by atoms with Gasteiger partial charge in [0.05, 0.1) is 11.2 Å². The Morgan fingerprint density at radius 2 is 1.67 bits per heavy atom. The summed E-state index contributed by atoms with van der Waals surface area (Å²) in [6.07, 6.45) is 1.89. The first-order chi connectivity index (χ1) is 16.2. The maximum Gasteiger partial charge on any atom is 0.192 e. The Morgan fingerprint density at radius 1 is 0.909 bits per heavy atom. The highest BCUT2D eigenvalue weighted by atomic mass is 79.9. The summed E-state index contributed by atoms with van der Waals surface area (Å²) in [6, 6.07) is 28.8. The van der Waals surface area contributed by atoms with Crippen LogP contribution in [0.1, 0.15) is 5.56 Å². The predicted molar refractivity (Wildman–Crippen MR) is 140 cm³/mol. The van der Waals surface area contributed by atoms with Crippen LogP contribution in [0.15, 0.2) is 107 Å². The normalized spacial score (nSPS) is 11.1. The van der Waals surface area contributed by atoms with Gasteiger partial charge < -0.3 is 0 Å². The van der Waals surface area contributed by atoms with Gasteiger partial charge >= 0.3 is 0 Å². The summed E-state index contributed by atoms with van der Waals surface area (Å²) in [4.78, 5) is 4.91. The number of thioether (sulfide) groups is 1. The van der Waals surface area contributed by atoms with Crippen LogP contribution in [0, 0.1) is 0 Å². The summed E-state index contributed by atoms with van der Waals surface area (Å²) < 4.78 is 3.23. The standard InChI is InChI=1S/C27H21BrN4S/c1-2-16-32-26(30-31-27(32)33-18-20-12-6-8-14-23(20)28)22-17-25(19-10-4-3-5-11-19)29-24-15-9-7-13-21(22)24/h2-15,17H,1,16,18H2. The van der Waals surface area contributed by atoms with Crippen molar-refractivity contribution in [2.45, 2.75) is 17.5 Å². The molecule has 0 spiro atoms. The molecule has 0 aliphatic carbocycles. The van der Waals surface area contributed by atoms with E-state index in [0.717, 1.165) is 48.9 Å². The largest absolute Gasteiger partial charge is 0.298 e. The van der Waals surface area contributed by atoms with Crippen molar-refractivity contribution in [3.05, 3.63) is 108 Å². The molecule has 5 aromatic rings. The second kappa shape index (κ2) is 9.73. The van der Waals surface area contributed by atoms with Crippen molar-refractivity contribution < 1.29 is 0 Å². The molecule has 0 radical (unpaired) electrons. The van der Waals surface area contributed by atoms with E-state index in [2.05, 4.69) is 79.7 Å². The van der Waals surface area contributed by atoms with E-state index in [0.29, 0.717) is 6.54 Å². The van der Waals surface area contributed by atoms with Crippen molar-refractivity contribution in [1.29, 1.82) is 0 Å². The van der Waals surface area contributed by atoms with Crippen LogP contribution in [-0.2, 0) is 12.3 Å². The Kier molecular flexibility index (Phi) is 6.37. The Balaban J connectivity index is 1.61. The van der Waals surface area contributed by atoms with Gasteiger partial charge in [0, 0.05) is 33.3 Å². The number of para-hydroxylation sites is 1. The molecule has 2 heterocycles. The average Bonchev–Trinajstić information content (AvgIpc) is 3.26. The maximum absolute atomic E-state index is 4.91. The first-order valence-corrected chi connectivity index (χ1v) is 12.4. The molecule has 0 unspecified atom stereocenters. The number of benzene rings is 3. The number of hydrogen-bond donors (Lipinski definition) is 0. The summed E-state index contributed by atoms with van der Waals surface area (Å²) in [6.45, 7) is 4.59. The molecule has 0 saturated heterocycles. The predicted octanol–water partition coefficient (Wildman–Crippen LogP) is 7.40. The lowest BCUT2D eigenvalue weighted by atomic mass is 10.0. The molecule has 2 aromatic heterocycles. The van der Waals surface area contributed by atoms with Crippen molar-refractivity contribution in [2.75, 3.05) is 0 Å². The van der Waals surface area contributed by atoms with Gasteiger partial charge in [-0.1, -0.05) is 100 Å². The average molecular weight is 513 g/mol. The van der Waals surface area contributed by atoms with Gasteiger partial charge in [0.15, 0.2) is 11.0 Å². The van der Waals surface area contributed by atoms with Crippen molar-refractivity contribution in [1.82, 2.24) is 19.7 Å². The first kappa shape index (κ1) is 21.6. The van der Waals surface area contributed by atoms with Gasteiger partial charge in [0.25, 0.3) is 0 Å². The number of aromatic nitrogens is 4. The molecule has 33 heavy (non-hydrogen) atoms. The zero-order valence-corrected chi connectivity index (χ0v) is 20.3. The molecule has 6 heteroatoms. The van der Waals surface area contributed by atoms with Gasteiger partial charge in [0.1, 0.15) is 0 Å². The van der Waals surface area contributed by atoms with Gasteiger partial charge in [-0.3, -0.25) is 4.57 Å². The van der Waals surface area contributed by atoms with E-state index in [9.17, 15) is 0 Å². The molecule has 0 fully saturated rings. The minimum Gasteiger partial charge on any atom is -0.298 e. The molecular weight excluding hydrogens is 492 g/mol. The van der Waals surface area contributed by atoms with E-state index in [1.807, 2.05) is 48.5 Å². The Labute approximate surface area is 205 Å². The van der Waals surface area contributed by atoms with E-state index < -0.39 is 0 Å². The second-order valence-corrected chi connectivity index (χ2v) is 9.32. The van der Waals surface area contributed by atoms with Crippen LogP contribution in [-0.4, -0.2) is 19.7 Å². The summed E-state index contributed by atoms with van der Waals surface area (Å²) in [5, 5.41) is 11.1. The number of allylic oxidation sites excluding steroid dienone is 1. The zero-order valence-electron chi connectivity index (χ0n) is 17.9. The highest BCUT2D eigenvalue weighted by Gasteiger charge is 2.18. The lowest BCUT2D eigenvalue weighted by molar-refractivity contribution is 0.731. The number of nitrogens with zero attached hydrogens (tertiary/aromatic N) is 4. The summed E-state index contributed by atoms with van der Waals surface area (Å²) in [7, 11) is 0. The van der Waals surface area contributed by atoms with E-state index >= 15 is 0 Å². The smallest absolute Gasteiger partial charge is 0.192 e. The van der Waals surface area contributed by atoms with E-state index in [4.69, 9.17) is 4.98 Å². The van der Waals surface area contributed by atoms with Crippen LogP contribution in [0.5, 0.6) is 0 Å².